The van der Waals surface area contributed by atoms with Crippen molar-refractivity contribution in [2.75, 3.05) is 11.4 Å². The number of nitrogens with zero attached hydrogens (tertiary/aromatic N) is 7. The summed E-state index contributed by atoms with van der Waals surface area (Å²) in [4.78, 5) is 16.7. The number of aromatic nitrogens is 5. The van der Waals surface area contributed by atoms with Gasteiger partial charge in [-0.15, -0.1) is 15.3 Å². The Morgan fingerprint density at radius 3 is 2.61 bits per heavy atom. The maximum atomic E-state index is 12.8. The van der Waals surface area contributed by atoms with Crippen molar-refractivity contribution in [3.05, 3.63) is 65.6 Å². The molecule has 0 atom stereocenters. The van der Waals surface area contributed by atoms with Gasteiger partial charge in [0.15, 0.2) is 5.82 Å². The van der Waals surface area contributed by atoms with Crippen molar-refractivity contribution in [3.8, 4) is 11.6 Å². The minimum Gasteiger partial charge on any atom is -0.470 e. The van der Waals surface area contributed by atoms with Crippen molar-refractivity contribution in [2.24, 2.45) is 4.99 Å². The molecule has 2 aromatic heterocycles. The predicted octanol–water partition coefficient (Wildman–Crippen LogP) is 2.81. The molecule has 0 aliphatic carbocycles. The third-order valence-corrected chi connectivity index (χ3v) is 4.52. The number of ether oxygens (including phenoxy) is 1. The van der Waals surface area contributed by atoms with Gasteiger partial charge in [0.1, 0.15) is 12.3 Å². The maximum absolute atomic E-state index is 12.8. The van der Waals surface area contributed by atoms with Crippen LogP contribution in [0.4, 0.5) is 14.6 Å². The molecule has 0 fully saturated rings. The molecule has 4 rings (SSSR count). The molecule has 0 bridgehead atoms. The molecule has 3 heterocycles. The lowest BCUT2D eigenvalue weighted by atomic mass is 10.2. The normalized spacial score (nSPS) is 13.7. The van der Waals surface area contributed by atoms with Crippen molar-refractivity contribution in [1.29, 1.82) is 0 Å². The van der Waals surface area contributed by atoms with Crippen molar-refractivity contribution < 1.29 is 18.3 Å². The molecule has 1 amide bonds. The molecule has 0 saturated carbocycles. The van der Waals surface area contributed by atoms with E-state index in [4.69, 9.17) is 4.74 Å². The van der Waals surface area contributed by atoms with E-state index in [1.807, 2.05) is 0 Å². The Morgan fingerprint density at radius 2 is 1.90 bits per heavy atom. The van der Waals surface area contributed by atoms with E-state index in [1.165, 1.54) is 29.1 Å². The number of aliphatic imine (C=N–C) groups is 1. The molecule has 0 radical (unpaired) electrons. The van der Waals surface area contributed by atoms with Crippen LogP contribution in [-0.2, 0) is 11.4 Å². The number of carbonyl (C=O) groups excluding carboxylic acids is 1. The zero-order chi connectivity index (χ0) is 21.8. The van der Waals surface area contributed by atoms with E-state index in [-0.39, 0.29) is 24.0 Å². The topological polar surface area (TPSA) is 98.4 Å². The standard InChI is InChI=1S/C20H17F2N7O2/c1-13-16(29(27-24-13)15-4-2-14(3-5-15)20(21)22)12-31-19-7-6-17(25-26-19)28-10-8-18(30)23-9-11-28/h2-10,20H,11-12H2,1H3. The Labute approximate surface area is 175 Å². The van der Waals surface area contributed by atoms with Crippen molar-refractivity contribution in [3.63, 3.8) is 0 Å². The summed E-state index contributed by atoms with van der Waals surface area (Å²) in [7, 11) is 0. The number of hydrogen-bond donors (Lipinski definition) is 0. The van der Waals surface area contributed by atoms with E-state index >= 15 is 0 Å². The molecule has 1 aliphatic heterocycles. The van der Waals surface area contributed by atoms with Gasteiger partial charge in [-0.1, -0.05) is 17.3 Å². The SMILES string of the molecule is Cc1nnn(-c2ccc(C(F)F)cc2)c1COc1ccc(N2C=CC(=O)N=CC2)nn1. The number of alkyl halides is 2. The van der Waals surface area contributed by atoms with Crippen molar-refractivity contribution >= 4 is 17.9 Å². The fraction of sp³-hybridized carbons (Fsp3) is 0.200. The number of rotatable bonds is 6. The second-order valence-corrected chi connectivity index (χ2v) is 6.56. The Balaban J connectivity index is 1.46. The zero-order valence-corrected chi connectivity index (χ0v) is 16.4. The summed E-state index contributed by atoms with van der Waals surface area (Å²) in [6.07, 6.45) is 1.90. The van der Waals surface area contributed by atoms with Crippen LogP contribution >= 0.6 is 0 Å². The molecule has 0 N–H and O–H groups in total. The zero-order valence-electron chi connectivity index (χ0n) is 16.4. The molecule has 11 heteroatoms. The largest absolute Gasteiger partial charge is 0.470 e. The van der Waals surface area contributed by atoms with Gasteiger partial charge in [0, 0.05) is 30.1 Å². The number of hydrogen-bond acceptors (Lipinski definition) is 7. The quantitative estimate of drug-likeness (QED) is 0.599. The summed E-state index contributed by atoms with van der Waals surface area (Å²) >= 11 is 0. The van der Waals surface area contributed by atoms with Gasteiger partial charge in [-0.25, -0.2) is 18.5 Å². The monoisotopic (exact) mass is 425 g/mol. The number of benzene rings is 1. The van der Waals surface area contributed by atoms with Crippen LogP contribution in [0.15, 0.2) is 53.7 Å². The predicted molar refractivity (Wildman–Crippen MR) is 107 cm³/mol. The van der Waals surface area contributed by atoms with E-state index in [9.17, 15) is 13.6 Å². The lowest BCUT2D eigenvalue weighted by Gasteiger charge is -2.15. The van der Waals surface area contributed by atoms with E-state index < -0.39 is 6.43 Å². The van der Waals surface area contributed by atoms with Gasteiger partial charge in [0.05, 0.1) is 17.9 Å². The Hall–Kier alpha value is -4.02. The van der Waals surface area contributed by atoms with Crippen LogP contribution in [-0.4, -0.2) is 43.9 Å². The summed E-state index contributed by atoms with van der Waals surface area (Å²) in [5.41, 5.74) is 1.82. The number of aryl methyl sites for hydroxylation is 1. The van der Waals surface area contributed by atoms with Crippen molar-refractivity contribution in [1.82, 2.24) is 25.2 Å². The molecule has 1 aromatic carbocycles. The molecule has 3 aromatic rings. The van der Waals surface area contributed by atoms with Gasteiger partial charge in [0.2, 0.25) is 5.88 Å². The van der Waals surface area contributed by atoms with Crippen LogP contribution in [0.25, 0.3) is 5.69 Å². The van der Waals surface area contributed by atoms with Crippen LogP contribution < -0.4 is 9.64 Å². The first-order valence-electron chi connectivity index (χ1n) is 9.29. The third kappa shape index (κ3) is 4.60. The second kappa shape index (κ2) is 8.78. The minimum atomic E-state index is -2.53. The van der Waals surface area contributed by atoms with Crippen LogP contribution in [0.1, 0.15) is 23.4 Å². The molecule has 0 spiro atoms. The molecule has 0 saturated heterocycles. The first-order valence-corrected chi connectivity index (χ1v) is 9.29. The smallest absolute Gasteiger partial charge is 0.270 e. The summed E-state index contributed by atoms with van der Waals surface area (Å²) in [6.45, 7) is 2.28. The lowest BCUT2D eigenvalue weighted by molar-refractivity contribution is -0.113. The van der Waals surface area contributed by atoms with Crippen LogP contribution in [0, 0.1) is 6.92 Å². The first-order chi connectivity index (χ1) is 15.0. The lowest BCUT2D eigenvalue weighted by Crippen LogP contribution is -2.19. The fourth-order valence-corrected chi connectivity index (χ4v) is 2.84. The van der Waals surface area contributed by atoms with Gasteiger partial charge in [-0.3, -0.25) is 4.79 Å². The fourth-order valence-electron chi connectivity index (χ4n) is 2.84. The third-order valence-electron chi connectivity index (χ3n) is 4.52. The number of anilines is 1. The summed E-state index contributed by atoms with van der Waals surface area (Å²) in [5.74, 6) is 0.485. The summed E-state index contributed by atoms with van der Waals surface area (Å²) < 4.78 is 32.8. The highest BCUT2D eigenvalue weighted by Crippen LogP contribution is 2.22. The highest BCUT2D eigenvalue weighted by Gasteiger charge is 2.14. The van der Waals surface area contributed by atoms with Gasteiger partial charge in [0.25, 0.3) is 12.3 Å². The number of carbonyl (C=O) groups is 1. The van der Waals surface area contributed by atoms with E-state index in [0.29, 0.717) is 29.4 Å². The van der Waals surface area contributed by atoms with Gasteiger partial charge in [-0.05, 0) is 25.1 Å². The average molecular weight is 425 g/mol. The van der Waals surface area contributed by atoms with E-state index in [0.717, 1.165) is 0 Å². The molecule has 9 nitrogen and oxygen atoms in total. The highest BCUT2D eigenvalue weighted by atomic mass is 19.3. The second-order valence-electron chi connectivity index (χ2n) is 6.56. The maximum Gasteiger partial charge on any atom is 0.270 e. The Bertz CT molecular complexity index is 1130. The summed E-state index contributed by atoms with van der Waals surface area (Å²) in [5, 5.41) is 16.3. The molecular formula is C20H17F2N7O2. The first kappa shape index (κ1) is 20.3. The molecule has 31 heavy (non-hydrogen) atoms. The Kier molecular flexibility index (Phi) is 5.74. The number of amides is 1. The van der Waals surface area contributed by atoms with Gasteiger partial charge >= 0.3 is 0 Å². The molecular weight excluding hydrogens is 408 g/mol. The summed E-state index contributed by atoms with van der Waals surface area (Å²) in [6, 6.07) is 9.17. The molecule has 0 unspecified atom stereocenters. The molecule has 158 valence electrons. The van der Waals surface area contributed by atoms with Crippen LogP contribution in [0.2, 0.25) is 0 Å². The van der Waals surface area contributed by atoms with Gasteiger partial charge < -0.3 is 9.64 Å². The number of halogens is 2. The highest BCUT2D eigenvalue weighted by molar-refractivity contribution is 5.95. The molecule has 1 aliphatic rings. The van der Waals surface area contributed by atoms with Crippen molar-refractivity contribution in [2.45, 2.75) is 20.0 Å². The minimum absolute atomic E-state index is 0.0661. The van der Waals surface area contributed by atoms with Crippen LogP contribution in [0.3, 0.4) is 0 Å². The van der Waals surface area contributed by atoms with E-state index in [1.54, 1.807) is 42.3 Å². The van der Waals surface area contributed by atoms with Crippen LogP contribution in [0.5, 0.6) is 5.88 Å². The van der Waals surface area contributed by atoms with E-state index in [2.05, 4.69) is 25.5 Å². The van der Waals surface area contributed by atoms with Gasteiger partial charge in [-0.2, -0.15) is 0 Å². The average Bonchev–Trinajstić information content (AvgIpc) is 3.00. The Morgan fingerprint density at radius 1 is 1.10 bits per heavy atom.